The van der Waals surface area contributed by atoms with Crippen LogP contribution in [0.2, 0.25) is 0 Å². The summed E-state index contributed by atoms with van der Waals surface area (Å²) in [5.74, 6) is 1.86. The number of aliphatic imine (C=N–C) groups is 1. The number of methoxy groups -OCH3 is 1. The number of nitrogens with one attached hydrogen (secondary N) is 1. The lowest BCUT2D eigenvalue weighted by atomic mass is 10.2. The molecule has 0 spiro atoms. The Kier molecular flexibility index (Phi) is 6.17. The lowest BCUT2D eigenvalue weighted by molar-refractivity contribution is 0.415. The van der Waals surface area contributed by atoms with Gasteiger partial charge in [0.2, 0.25) is 0 Å². The van der Waals surface area contributed by atoms with Gasteiger partial charge in [0.1, 0.15) is 11.6 Å². The fourth-order valence-corrected chi connectivity index (χ4v) is 1.36. The predicted molar refractivity (Wildman–Crippen MR) is 77.9 cm³/mol. The van der Waals surface area contributed by atoms with E-state index in [0.717, 1.165) is 11.3 Å². The normalized spacial score (nSPS) is 11.6. The molecule has 4 nitrogen and oxygen atoms in total. The van der Waals surface area contributed by atoms with Gasteiger partial charge in [0, 0.05) is 6.54 Å². The zero-order valence-electron chi connectivity index (χ0n) is 11.6. The average Bonchev–Trinajstić information content (AvgIpc) is 2.42. The largest absolute Gasteiger partial charge is 0.497 e. The number of ether oxygens (including phenoxy) is 1. The molecule has 0 aliphatic heterocycles. The summed E-state index contributed by atoms with van der Waals surface area (Å²) in [5.41, 5.74) is 1.03. The molecular weight excluding hydrogens is 238 g/mol. The maximum atomic E-state index is 8.68. The van der Waals surface area contributed by atoms with Gasteiger partial charge in [-0.3, -0.25) is 10.3 Å². The van der Waals surface area contributed by atoms with E-state index in [0.29, 0.717) is 18.3 Å². The molecule has 0 radical (unpaired) electrons. The molecule has 1 aromatic carbocycles. The van der Waals surface area contributed by atoms with E-state index < -0.39 is 0 Å². The van der Waals surface area contributed by atoms with Crippen molar-refractivity contribution in [1.82, 2.24) is 5.32 Å². The number of hydrogen-bond acceptors (Lipinski definition) is 3. The van der Waals surface area contributed by atoms with Crippen molar-refractivity contribution in [2.45, 2.75) is 13.8 Å². The van der Waals surface area contributed by atoms with Gasteiger partial charge in [0.25, 0.3) is 0 Å². The van der Waals surface area contributed by atoms with E-state index in [4.69, 9.17) is 10.00 Å². The van der Waals surface area contributed by atoms with Gasteiger partial charge in [-0.15, -0.1) is 0 Å². The van der Waals surface area contributed by atoms with Crippen LogP contribution in [0.3, 0.4) is 0 Å². The first-order valence-electron chi connectivity index (χ1n) is 6.17. The second kappa shape index (κ2) is 7.93. The zero-order valence-corrected chi connectivity index (χ0v) is 11.6. The number of nitriles is 1. The number of rotatable bonds is 5. The minimum Gasteiger partial charge on any atom is -0.497 e. The minimum absolute atomic E-state index is 0.463. The fraction of sp³-hybridized carbons (Fsp3) is 0.333. The highest BCUT2D eigenvalue weighted by atomic mass is 16.5. The van der Waals surface area contributed by atoms with Crippen molar-refractivity contribution >= 4 is 11.9 Å². The van der Waals surface area contributed by atoms with Crippen LogP contribution in [-0.4, -0.2) is 19.5 Å². The van der Waals surface area contributed by atoms with Crippen molar-refractivity contribution in [3.8, 4) is 11.9 Å². The molecule has 0 saturated carbocycles. The lowest BCUT2D eigenvalue weighted by Crippen LogP contribution is -2.16. The second-order valence-electron chi connectivity index (χ2n) is 4.46. The van der Waals surface area contributed by atoms with Crippen LogP contribution in [0.5, 0.6) is 5.75 Å². The lowest BCUT2D eigenvalue weighted by Gasteiger charge is -2.02. The van der Waals surface area contributed by atoms with E-state index in [2.05, 4.69) is 24.2 Å². The Bertz CT molecular complexity index is 481. The molecule has 19 heavy (non-hydrogen) atoms. The highest BCUT2D eigenvalue weighted by molar-refractivity contribution is 5.97. The summed E-state index contributed by atoms with van der Waals surface area (Å²) in [4.78, 5) is 4.33. The Morgan fingerprint density at radius 2 is 2.11 bits per heavy atom. The van der Waals surface area contributed by atoms with E-state index >= 15 is 0 Å². The summed E-state index contributed by atoms with van der Waals surface area (Å²) in [5, 5.41) is 11.2. The zero-order chi connectivity index (χ0) is 14.1. The first kappa shape index (κ1) is 14.8. The molecule has 1 N–H and O–H groups in total. The molecule has 0 bridgehead atoms. The maximum Gasteiger partial charge on any atom is 0.182 e. The summed E-state index contributed by atoms with van der Waals surface area (Å²) in [6.45, 7) is 4.86. The molecular formula is C15H19N3O. The molecule has 0 aliphatic carbocycles. The van der Waals surface area contributed by atoms with Gasteiger partial charge in [-0.2, -0.15) is 5.26 Å². The molecule has 0 unspecified atom stereocenters. The Morgan fingerprint density at radius 3 is 2.63 bits per heavy atom. The van der Waals surface area contributed by atoms with Gasteiger partial charge in [-0.05, 0) is 29.7 Å². The standard InChI is InChI=1S/C15H19N3O/c1-12(2)10-17-15(18-11-16)9-6-13-4-7-14(19-3)8-5-13/h4-9,12H,10H2,1-3H3,(H,17,18). The van der Waals surface area contributed by atoms with Gasteiger partial charge >= 0.3 is 0 Å². The first-order valence-corrected chi connectivity index (χ1v) is 6.17. The summed E-state index contributed by atoms with van der Waals surface area (Å²) in [6, 6.07) is 7.67. The van der Waals surface area contributed by atoms with Crippen molar-refractivity contribution in [3.63, 3.8) is 0 Å². The van der Waals surface area contributed by atoms with E-state index in [1.165, 1.54) is 0 Å². The number of nitrogens with zero attached hydrogens (tertiary/aromatic N) is 2. The molecule has 0 aliphatic rings. The molecule has 0 heterocycles. The number of hydrogen-bond donors (Lipinski definition) is 1. The van der Waals surface area contributed by atoms with E-state index in [9.17, 15) is 0 Å². The Labute approximate surface area is 114 Å². The minimum atomic E-state index is 0.463. The van der Waals surface area contributed by atoms with Crippen molar-refractivity contribution < 1.29 is 4.74 Å². The first-order chi connectivity index (χ1) is 9.15. The van der Waals surface area contributed by atoms with Crippen LogP contribution >= 0.6 is 0 Å². The highest BCUT2D eigenvalue weighted by Gasteiger charge is 1.95. The number of amidine groups is 1. The SMILES string of the molecule is COc1ccc(C=CC(=NCC(C)C)NC#N)cc1. The highest BCUT2D eigenvalue weighted by Crippen LogP contribution is 2.12. The molecule has 0 amide bonds. The maximum absolute atomic E-state index is 8.68. The summed E-state index contributed by atoms with van der Waals surface area (Å²) < 4.78 is 5.10. The monoisotopic (exact) mass is 257 g/mol. The van der Waals surface area contributed by atoms with E-state index in [1.807, 2.05) is 36.5 Å². The quantitative estimate of drug-likeness (QED) is 0.382. The summed E-state index contributed by atoms with van der Waals surface area (Å²) >= 11 is 0. The fourth-order valence-electron chi connectivity index (χ4n) is 1.36. The smallest absolute Gasteiger partial charge is 0.182 e. The summed E-state index contributed by atoms with van der Waals surface area (Å²) in [7, 11) is 1.64. The van der Waals surface area contributed by atoms with Gasteiger partial charge in [0.05, 0.1) is 7.11 Å². The molecule has 4 heteroatoms. The number of benzene rings is 1. The van der Waals surface area contributed by atoms with E-state index in [-0.39, 0.29) is 0 Å². The Balaban J connectivity index is 2.74. The van der Waals surface area contributed by atoms with Crippen LogP contribution in [0.4, 0.5) is 0 Å². The molecule has 0 atom stereocenters. The van der Waals surface area contributed by atoms with Crippen molar-refractivity contribution in [2.24, 2.45) is 10.9 Å². The average molecular weight is 257 g/mol. The van der Waals surface area contributed by atoms with E-state index in [1.54, 1.807) is 13.2 Å². The molecule has 0 fully saturated rings. The van der Waals surface area contributed by atoms with Gasteiger partial charge in [0.15, 0.2) is 6.19 Å². The summed E-state index contributed by atoms with van der Waals surface area (Å²) in [6.07, 6.45) is 5.60. The topological polar surface area (TPSA) is 57.4 Å². The second-order valence-corrected chi connectivity index (χ2v) is 4.46. The molecule has 1 rings (SSSR count). The Morgan fingerprint density at radius 1 is 1.42 bits per heavy atom. The molecule has 0 aromatic heterocycles. The predicted octanol–water partition coefficient (Wildman–Crippen LogP) is 2.83. The third-order valence-electron chi connectivity index (χ3n) is 2.36. The Hall–Kier alpha value is -2.28. The van der Waals surface area contributed by atoms with Gasteiger partial charge < -0.3 is 4.74 Å². The molecule has 100 valence electrons. The van der Waals surface area contributed by atoms with Crippen LogP contribution in [-0.2, 0) is 0 Å². The van der Waals surface area contributed by atoms with Crippen LogP contribution in [0, 0.1) is 17.4 Å². The van der Waals surface area contributed by atoms with Crippen molar-refractivity contribution in [3.05, 3.63) is 35.9 Å². The van der Waals surface area contributed by atoms with Crippen molar-refractivity contribution in [2.75, 3.05) is 13.7 Å². The van der Waals surface area contributed by atoms with Crippen molar-refractivity contribution in [1.29, 1.82) is 5.26 Å². The van der Waals surface area contributed by atoms with Crippen LogP contribution in [0.25, 0.3) is 6.08 Å². The molecule has 0 saturated heterocycles. The van der Waals surface area contributed by atoms with Gasteiger partial charge in [-0.25, -0.2) is 0 Å². The third kappa shape index (κ3) is 5.73. The molecule has 1 aromatic rings. The third-order valence-corrected chi connectivity index (χ3v) is 2.36. The van der Waals surface area contributed by atoms with Crippen LogP contribution < -0.4 is 10.1 Å². The van der Waals surface area contributed by atoms with Gasteiger partial charge in [-0.1, -0.05) is 32.1 Å². The van der Waals surface area contributed by atoms with Crippen LogP contribution in [0.15, 0.2) is 35.3 Å². The van der Waals surface area contributed by atoms with Crippen LogP contribution in [0.1, 0.15) is 19.4 Å².